The van der Waals surface area contributed by atoms with Gasteiger partial charge in [0.05, 0.1) is 5.69 Å². The Bertz CT molecular complexity index is 549. The summed E-state index contributed by atoms with van der Waals surface area (Å²) in [5, 5.41) is 2.79. The van der Waals surface area contributed by atoms with Crippen LogP contribution in [0.3, 0.4) is 0 Å². The first-order chi connectivity index (χ1) is 8.84. The van der Waals surface area contributed by atoms with E-state index >= 15 is 0 Å². The summed E-state index contributed by atoms with van der Waals surface area (Å²) in [5.41, 5.74) is 2.22. The van der Waals surface area contributed by atoms with Gasteiger partial charge in [0, 0.05) is 11.6 Å². The fraction of sp³-hybridized carbons (Fsp3) is 0.154. The SMILES string of the molecule is Cc1ccc(N(C2=COCO2)c2nccs2)cc1. The summed E-state index contributed by atoms with van der Waals surface area (Å²) in [6.45, 7) is 2.31. The minimum absolute atomic E-state index is 0.253. The lowest BCUT2D eigenvalue weighted by Gasteiger charge is -2.20. The Hall–Kier alpha value is -2.01. The molecule has 2 aromatic rings. The lowest BCUT2D eigenvalue weighted by Crippen LogP contribution is -2.16. The number of rotatable bonds is 3. The normalized spacial score (nSPS) is 13.7. The smallest absolute Gasteiger partial charge is 0.239 e. The Kier molecular flexibility index (Phi) is 2.90. The third-order valence-electron chi connectivity index (χ3n) is 2.58. The molecule has 0 N–H and O–H groups in total. The van der Waals surface area contributed by atoms with Gasteiger partial charge in [-0.2, -0.15) is 0 Å². The Morgan fingerprint density at radius 3 is 2.72 bits per heavy atom. The molecule has 0 spiro atoms. The van der Waals surface area contributed by atoms with Gasteiger partial charge < -0.3 is 9.47 Å². The largest absolute Gasteiger partial charge is 0.459 e. The van der Waals surface area contributed by atoms with Crippen molar-refractivity contribution in [1.29, 1.82) is 0 Å². The van der Waals surface area contributed by atoms with Gasteiger partial charge in [-0.25, -0.2) is 4.98 Å². The molecule has 1 aromatic heterocycles. The number of nitrogens with zero attached hydrogens (tertiary/aromatic N) is 2. The average molecular weight is 260 g/mol. The van der Waals surface area contributed by atoms with Gasteiger partial charge in [-0.05, 0) is 19.1 Å². The molecule has 3 rings (SSSR count). The molecule has 1 aromatic carbocycles. The number of benzene rings is 1. The second-order valence-corrected chi connectivity index (χ2v) is 4.74. The Morgan fingerprint density at radius 1 is 1.28 bits per heavy atom. The summed E-state index contributed by atoms with van der Waals surface area (Å²) in [5.74, 6) is 0.661. The molecular weight excluding hydrogens is 248 g/mol. The van der Waals surface area contributed by atoms with E-state index in [2.05, 4.69) is 24.0 Å². The summed E-state index contributed by atoms with van der Waals surface area (Å²) in [6.07, 6.45) is 3.39. The monoisotopic (exact) mass is 260 g/mol. The lowest BCUT2D eigenvalue weighted by atomic mass is 10.2. The van der Waals surface area contributed by atoms with Crippen molar-refractivity contribution in [3.05, 3.63) is 53.6 Å². The molecule has 0 aliphatic carbocycles. The Labute approximate surface area is 109 Å². The second-order valence-electron chi connectivity index (χ2n) is 3.87. The standard InChI is InChI=1S/C13H12N2O2S/c1-10-2-4-11(5-3-10)15(12-8-16-9-17-12)13-14-6-7-18-13/h2-8H,9H2,1H3. The van der Waals surface area contributed by atoms with Crippen LogP contribution in [0, 0.1) is 6.92 Å². The summed E-state index contributed by atoms with van der Waals surface area (Å²) < 4.78 is 10.6. The summed E-state index contributed by atoms with van der Waals surface area (Å²) in [6, 6.07) is 8.21. The molecule has 1 aliphatic heterocycles. The van der Waals surface area contributed by atoms with E-state index in [9.17, 15) is 0 Å². The highest BCUT2D eigenvalue weighted by molar-refractivity contribution is 7.13. The molecule has 4 nitrogen and oxygen atoms in total. The molecule has 18 heavy (non-hydrogen) atoms. The fourth-order valence-electron chi connectivity index (χ4n) is 1.70. The average Bonchev–Trinajstić information content (AvgIpc) is 3.06. The number of aromatic nitrogens is 1. The van der Waals surface area contributed by atoms with Crippen LogP contribution in [-0.2, 0) is 9.47 Å². The van der Waals surface area contributed by atoms with Gasteiger partial charge in [-0.15, -0.1) is 11.3 Å². The molecule has 0 fully saturated rings. The Balaban J connectivity index is 2.02. The first kappa shape index (κ1) is 11.1. The number of ether oxygens (including phenoxy) is 2. The number of anilines is 2. The third kappa shape index (κ3) is 2.04. The predicted octanol–water partition coefficient (Wildman–Crippen LogP) is 3.39. The van der Waals surface area contributed by atoms with Crippen LogP contribution < -0.4 is 4.90 Å². The summed E-state index contributed by atoms with van der Waals surface area (Å²) >= 11 is 1.56. The zero-order chi connectivity index (χ0) is 12.4. The topological polar surface area (TPSA) is 34.6 Å². The molecule has 5 heteroatoms. The summed E-state index contributed by atoms with van der Waals surface area (Å²) in [4.78, 5) is 6.27. The van der Waals surface area contributed by atoms with Crippen LogP contribution in [0.25, 0.3) is 0 Å². The molecule has 0 bridgehead atoms. The molecule has 0 saturated carbocycles. The van der Waals surface area contributed by atoms with E-state index < -0.39 is 0 Å². The van der Waals surface area contributed by atoms with Crippen LogP contribution in [0.2, 0.25) is 0 Å². The Morgan fingerprint density at radius 2 is 2.11 bits per heavy atom. The van der Waals surface area contributed by atoms with Crippen LogP contribution in [0.5, 0.6) is 0 Å². The quantitative estimate of drug-likeness (QED) is 0.847. The van der Waals surface area contributed by atoms with Gasteiger partial charge >= 0.3 is 0 Å². The minimum atomic E-state index is 0.253. The van der Waals surface area contributed by atoms with E-state index in [-0.39, 0.29) is 6.79 Å². The van der Waals surface area contributed by atoms with E-state index in [0.717, 1.165) is 10.8 Å². The van der Waals surface area contributed by atoms with Crippen molar-refractivity contribution in [2.45, 2.75) is 6.92 Å². The highest BCUT2D eigenvalue weighted by Crippen LogP contribution is 2.33. The maximum absolute atomic E-state index is 5.46. The molecule has 0 radical (unpaired) electrons. The zero-order valence-electron chi connectivity index (χ0n) is 9.87. The predicted molar refractivity (Wildman–Crippen MR) is 70.6 cm³/mol. The fourth-order valence-corrected chi connectivity index (χ4v) is 2.37. The minimum Gasteiger partial charge on any atom is -0.459 e. The van der Waals surface area contributed by atoms with E-state index in [1.807, 2.05) is 22.4 Å². The van der Waals surface area contributed by atoms with E-state index in [1.165, 1.54) is 5.56 Å². The van der Waals surface area contributed by atoms with E-state index in [4.69, 9.17) is 9.47 Å². The molecule has 0 atom stereocenters. The van der Waals surface area contributed by atoms with Gasteiger partial charge in [0.25, 0.3) is 0 Å². The van der Waals surface area contributed by atoms with Crippen LogP contribution in [-0.4, -0.2) is 11.8 Å². The van der Waals surface area contributed by atoms with Crippen molar-refractivity contribution in [3.8, 4) is 0 Å². The van der Waals surface area contributed by atoms with E-state index in [1.54, 1.807) is 23.8 Å². The van der Waals surface area contributed by atoms with Crippen LogP contribution in [0.1, 0.15) is 5.56 Å². The molecule has 92 valence electrons. The highest BCUT2D eigenvalue weighted by Gasteiger charge is 2.21. The summed E-state index contributed by atoms with van der Waals surface area (Å²) in [7, 11) is 0. The van der Waals surface area contributed by atoms with Crippen molar-refractivity contribution in [1.82, 2.24) is 4.98 Å². The molecular formula is C13H12N2O2S. The van der Waals surface area contributed by atoms with Gasteiger partial charge in [-0.3, -0.25) is 4.90 Å². The molecule has 2 heterocycles. The van der Waals surface area contributed by atoms with Gasteiger partial charge in [-0.1, -0.05) is 17.7 Å². The van der Waals surface area contributed by atoms with Crippen molar-refractivity contribution in [2.75, 3.05) is 11.7 Å². The van der Waals surface area contributed by atoms with Gasteiger partial charge in [0.1, 0.15) is 6.26 Å². The van der Waals surface area contributed by atoms with Gasteiger partial charge in [0.15, 0.2) is 5.13 Å². The van der Waals surface area contributed by atoms with Crippen LogP contribution in [0.15, 0.2) is 48.0 Å². The molecule has 0 unspecified atom stereocenters. The maximum Gasteiger partial charge on any atom is 0.239 e. The van der Waals surface area contributed by atoms with Crippen molar-refractivity contribution >= 4 is 22.2 Å². The van der Waals surface area contributed by atoms with Crippen molar-refractivity contribution in [2.24, 2.45) is 0 Å². The lowest BCUT2D eigenvalue weighted by molar-refractivity contribution is 0.0798. The maximum atomic E-state index is 5.46. The molecule has 0 amide bonds. The van der Waals surface area contributed by atoms with E-state index in [0.29, 0.717) is 5.88 Å². The number of aryl methyl sites for hydroxylation is 1. The van der Waals surface area contributed by atoms with Gasteiger partial charge in [0.2, 0.25) is 12.7 Å². The molecule has 0 saturated heterocycles. The second kappa shape index (κ2) is 4.70. The van der Waals surface area contributed by atoms with Crippen molar-refractivity contribution in [3.63, 3.8) is 0 Å². The number of hydrogen-bond acceptors (Lipinski definition) is 5. The van der Waals surface area contributed by atoms with Crippen LogP contribution in [0.4, 0.5) is 10.8 Å². The zero-order valence-corrected chi connectivity index (χ0v) is 10.7. The first-order valence-corrected chi connectivity index (χ1v) is 6.43. The highest BCUT2D eigenvalue weighted by atomic mass is 32.1. The number of hydrogen-bond donors (Lipinski definition) is 0. The molecule has 1 aliphatic rings. The number of thiazole rings is 1. The third-order valence-corrected chi connectivity index (χ3v) is 3.34. The first-order valence-electron chi connectivity index (χ1n) is 5.55. The van der Waals surface area contributed by atoms with Crippen molar-refractivity contribution < 1.29 is 9.47 Å². The van der Waals surface area contributed by atoms with Crippen LogP contribution >= 0.6 is 11.3 Å².